The summed E-state index contributed by atoms with van der Waals surface area (Å²) in [5, 5.41) is 0.605. The van der Waals surface area contributed by atoms with E-state index in [1.807, 2.05) is 0 Å². The van der Waals surface area contributed by atoms with Crippen LogP contribution in [0.4, 0.5) is 0 Å². The molecule has 0 fully saturated rings. The number of rotatable bonds is 3. The van der Waals surface area contributed by atoms with E-state index < -0.39 is 23.8 Å². The smallest absolute Gasteiger partial charge is 0.334 e. The first-order valence-electron chi connectivity index (χ1n) is 7.76. The average molecular weight is 358 g/mol. The molecule has 25 heavy (non-hydrogen) atoms. The van der Waals surface area contributed by atoms with Gasteiger partial charge in [-0.05, 0) is 56.2 Å². The van der Waals surface area contributed by atoms with Crippen LogP contribution < -0.4 is 4.74 Å². The van der Waals surface area contributed by atoms with E-state index >= 15 is 0 Å². The van der Waals surface area contributed by atoms with E-state index in [4.69, 9.17) is 16.3 Å². The Morgan fingerprint density at radius 2 is 1.52 bits per heavy atom. The molecule has 0 saturated heterocycles. The van der Waals surface area contributed by atoms with Crippen LogP contribution in [0.2, 0.25) is 5.02 Å². The molecule has 0 saturated carbocycles. The number of hydrogen-bond acceptors (Lipinski definition) is 4. The molecular weight excluding hydrogens is 342 g/mol. The fraction of sp³-hybridized carbons (Fsp3) is 0.211. The van der Waals surface area contributed by atoms with Crippen LogP contribution in [0.3, 0.4) is 0 Å². The van der Waals surface area contributed by atoms with E-state index in [0.717, 1.165) is 16.0 Å². The number of amides is 2. The van der Waals surface area contributed by atoms with Crippen molar-refractivity contribution in [3.8, 4) is 5.75 Å². The van der Waals surface area contributed by atoms with Crippen molar-refractivity contribution in [2.75, 3.05) is 0 Å². The number of halogens is 1. The molecule has 0 bridgehead atoms. The molecule has 0 aromatic heterocycles. The highest BCUT2D eigenvalue weighted by Gasteiger charge is 2.41. The van der Waals surface area contributed by atoms with Gasteiger partial charge in [-0.3, -0.25) is 14.5 Å². The molecule has 1 aliphatic heterocycles. The van der Waals surface area contributed by atoms with Gasteiger partial charge in [-0.25, -0.2) is 4.79 Å². The molecule has 1 atom stereocenters. The zero-order chi connectivity index (χ0) is 18.3. The fourth-order valence-electron chi connectivity index (χ4n) is 2.83. The Labute approximate surface area is 150 Å². The Morgan fingerprint density at radius 1 is 1.04 bits per heavy atom. The van der Waals surface area contributed by atoms with Crippen LogP contribution >= 0.6 is 11.6 Å². The van der Waals surface area contributed by atoms with E-state index in [9.17, 15) is 14.4 Å². The lowest BCUT2D eigenvalue weighted by molar-refractivity contribution is -0.138. The molecule has 2 amide bonds. The Bertz CT molecular complexity index is 848. The second kappa shape index (κ2) is 6.33. The Balaban J connectivity index is 1.82. The topological polar surface area (TPSA) is 63.7 Å². The van der Waals surface area contributed by atoms with Crippen molar-refractivity contribution in [2.45, 2.75) is 26.8 Å². The van der Waals surface area contributed by atoms with Crippen molar-refractivity contribution in [2.24, 2.45) is 0 Å². The zero-order valence-electron chi connectivity index (χ0n) is 14.0. The first-order chi connectivity index (χ1) is 11.8. The van der Waals surface area contributed by atoms with Gasteiger partial charge in [0.15, 0.2) is 0 Å². The summed E-state index contributed by atoms with van der Waals surface area (Å²) in [5.74, 6) is -1.34. The average Bonchev–Trinajstić information content (AvgIpc) is 2.83. The molecule has 2 aromatic carbocycles. The van der Waals surface area contributed by atoms with Gasteiger partial charge in [0.25, 0.3) is 11.8 Å². The van der Waals surface area contributed by atoms with E-state index in [-0.39, 0.29) is 0 Å². The number of esters is 1. The summed E-state index contributed by atoms with van der Waals surface area (Å²) in [6.07, 6.45) is 0. The number of imide groups is 1. The van der Waals surface area contributed by atoms with Crippen molar-refractivity contribution in [1.82, 2.24) is 4.90 Å². The number of nitrogens with zero attached hydrogens (tertiary/aromatic N) is 1. The van der Waals surface area contributed by atoms with Crippen LogP contribution in [0, 0.1) is 13.8 Å². The molecule has 6 heteroatoms. The van der Waals surface area contributed by atoms with Crippen molar-refractivity contribution in [3.05, 3.63) is 63.7 Å². The molecule has 0 aliphatic carbocycles. The van der Waals surface area contributed by atoms with Crippen LogP contribution in [0.5, 0.6) is 5.75 Å². The minimum absolute atomic E-state index is 0.297. The Morgan fingerprint density at radius 3 is 2.00 bits per heavy atom. The second-order valence-electron chi connectivity index (χ2n) is 5.99. The Hall–Kier alpha value is -2.66. The maximum atomic E-state index is 12.4. The molecule has 5 nitrogen and oxygen atoms in total. The summed E-state index contributed by atoms with van der Waals surface area (Å²) in [5.41, 5.74) is 2.14. The van der Waals surface area contributed by atoms with Crippen LogP contribution in [-0.2, 0) is 4.79 Å². The minimum atomic E-state index is -1.04. The van der Waals surface area contributed by atoms with Crippen LogP contribution in [-0.4, -0.2) is 28.7 Å². The molecule has 1 aliphatic rings. The summed E-state index contributed by atoms with van der Waals surface area (Å²) in [6, 6.07) is 8.73. The van der Waals surface area contributed by atoms with Gasteiger partial charge in [0.2, 0.25) is 0 Å². The molecule has 128 valence electrons. The van der Waals surface area contributed by atoms with Gasteiger partial charge in [-0.15, -0.1) is 0 Å². The van der Waals surface area contributed by atoms with E-state index in [1.165, 1.54) is 6.92 Å². The van der Waals surface area contributed by atoms with Gasteiger partial charge in [-0.1, -0.05) is 23.7 Å². The van der Waals surface area contributed by atoms with Gasteiger partial charge in [0.05, 0.1) is 11.1 Å². The number of benzene rings is 2. The normalized spacial score (nSPS) is 14.5. The third-order valence-electron chi connectivity index (χ3n) is 4.18. The zero-order valence-corrected chi connectivity index (χ0v) is 14.8. The highest BCUT2D eigenvalue weighted by atomic mass is 35.5. The van der Waals surface area contributed by atoms with Gasteiger partial charge in [0, 0.05) is 5.02 Å². The maximum absolute atomic E-state index is 12.4. The molecule has 2 aromatic rings. The third-order valence-corrected chi connectivity index (χ3v) is 4.78. The molecular formula is C19H16ClNO4. The van der Waals surface area contributed by atoms with Gasteiger partial charge >= 0.3 is 5.97 Å². The SMILES string of the molecule is Cc1cc(OC(=O)[C@H](C)N2C(=O)c3ccccc3C2=O)cc(C)c1Cl. The molecule has 0 radical (unpaired) electrons. The van der Waals surface area contributed by atoms with Crippen molar-refractivity contribution in [1.29, 1.82) is 0 Å². The van der Waals surface area contributed by atoms with Crippen LogP contribution in [0.25, 0.3) is 0 Å². The summed E-state index contributed by atoms with van der Waals surface area (Å²) >= 11 is 6.10. The predicted molar refractivity (Wildman–Crippen MR) is 93.0 cm³/mol. The van der Waals surface area contributed by atoms with Gasteiger partial charge < -0.3 is 4.74 Å². The molecule has 0 N–H and O–H groups in total. The lowest BCUT2D eigenvalue weighted by Crippen LogP contribution is -2.44. The third kappa shape index (κ3) is 2.91. The second-order valence-corrected chi connectivity index (χ2v) is 6.37. The molecule has 1 heterocycles. The summed E-state index contributed by atoms with van der Waals surface area (Å²) < 4.78 is 5.36. The standard InChI is InChI=1S/C19H16ClNO4/c1-10-8-13(9-11(2)16(10)20)25-19(24)12(3)21-17(22)14-6-4-5-7-15(14)18(21)23/h4-9,12H,1-3H3/t12-/m0/s1. The first-order valence-corrected chi connectivity index (χ1v) is 8.14. The van der Waals surface area contributed by atoms with Crippen molar-refractivity contribution < 1.29 is 19.1 Å². The first kappa shape index (κ1) is 17.2. The van der Waals surface area contributed by atoms with Crippen molar-refractivity contribution >= 4 is 29.4 Å². The lowest BCUT2D eigenvalue weighted by Gasteiger charge is -2.21. The number of hydrogen-bond donors (Lipinski definition) is 0. The number of fused-ring (bicyclic) bond motifs is 1. The van der Waals surface area contributed by atoms with E-state index in [2.05, 4.69) is 0 Å². The number of carbonyl (C=O) groups excluding carboxylic acids is 3. The van der Waals surface area contributed by atoms with Crippen LogP contribution in [0.1, 0.15) is 38.8 Å². The fourth-order valence-corrected chi connectivity index (χ4v) is 2.94. The predicted octanol–water partition coefficient (Wildman–Crippen LogP) is 3.55. The summed E-state index contributed by atoms with van der Waals surface area (Å²) in [7, 11) is 0. The number of ether oxygens (including phenoxy) is 1. The molecule has 0 spiro atoms. The quantitative estimate of drug-likeness (QED) is 0.479. The van der Waals surface area contributed by atoms with Crippen molar-refractivity contribution in [3.63, 3.8) is 0 Å². The Kier molecular flexibility index (Phi) is 4.35. The molecule has 0 unspecified atom stereocenters. The summed E-state index contributed by atoms with van der Waals surface area (Å²) in [4.78, 5) is 38.3. The van der Waals surface area contributed by atoms with Crippen LogP contribution in [0.15, 0.2) is 36.4 Å². The minimum Gasteiger partial charge on any atom is -0.425 e. The van der Waals surface area contributed by atoms with Gasteiger partial charge in [0.1, 0.15) is 11.8 Å². The highest BCUT2D eigenvalue weighted by molar-refractivity contribution is 6.32. The van der Waals surface area contributed by atoms with Gasteiger partial charge in [-0.2, -0.15) is 0 Å². The molecule has 3 rings (SSSR count). The maximum Gasteiger partial charge on any atom is 0.334 e. The lowest BCUT2D eigenvalue weighted by atomic mass is 10.1. The summed E-state index contributed by atoms with van der Waals surface area (Å²) in [6.45, 7) is 5.08. The number of aryl methyl sites for hydroxylation is 2. The largest absolute Gasteiger partial charge is 0.425 e. The monoisotopic (exact) mass is 357 g/mol. The van der Waals surface area contributed by atoms with E-state index in [1.54, 1.807) is 50.2 Å². The van der Waals surface area contributed by atoms with E-state index in [0.29, 0.717) is 21.9 Å². The highest BCUT2D eigenvalue weighted by Crippen LogP contribution is 2.28. The number of carbonyl (C=O) groups is 3.